The summed E-state index contributed by atoms with van der Waals surface area (Å²) in [4.78, 5) is 1.98. The molecule has 1 N–H and O–H groups in total. The Kier molecular flexibility index (Phi) is 7.31. The number of aliphatic hydroxyl groups excluding tert-OH is 1. The third kappa shape index (κ3) is 6.13. The molecule has 21 heavy (non-hydrogen) atoms. The van der Waals surface area contributed by atoms with E-state index in [1.165, 1.54) is 0 Å². The number of likely N-dealkylation sites (N-methyl/N-ethyl adjacent to an activating group) is 1. The fraction of sp³-hybridized carbons (Fsp3) is 0.600. The number of hydrogen-bond acceptors (Lipinski definition) is 4. The summed E-state index contributed by atoms with van der Waals surface area (Å²) in [6.07, 6.45) is 0.795. The average Bonchev–Trinajstić information content (AvgIpc) is 2.42. The maximum atomic E-state index is 12.5. The van der Waals surface area contributed by atoms with Crippen LogP contribution in [0.5, 0.6) is 0 Å². The molecule has 0 heterocycles. The molecule has 0 aromatic heterocycles. The van der Waals surface area contributed by atoms with Crippen LogP contribution in [0.15, 0.2) is 24.3 Å². The quantitative estimate of drug-likeness (QED) is 0.746. The zero-order valence-corrected chi connectivity index (χ0v) is 13.9. The van der Waals surface area contributed by atoms with Crippen LogP contribution in [0.25, 0.3) is 0 Å². The van der Waals surface area contributed by atoms with Crippen LogP contribution in [0.2, 0.25) is 0 Å². The van der Waals surface area contributed by atoms with Gasteiger partial charge in [0.25, 0.3) is 0 Å². The number of aliphatic hydroxyl groups is 1. The van der Waals surface area contributed by atoms with Crippen molar-refractivity contribution in [2.24, 2.45) is 0 Å². The van der Waals surface area contributed by atoms with E-state index in [0.717, 1.165) is 12.0 Å². The van der Waals surface area contributed by atoms with Crippen molar-refractivity contribution in [2.45, 2.75) is 25.7 Å². The second-order valence-electron chi connectivity index (χ2n) is 5.44. The molecule has 0 fully saturated rings. The summed E-state index contributed by atoms with van der Waals surface area (Å²) in [6.45, 7) is 3.65. The first-order chi connectivity index (χ1) is 9.89. The van der Waals surface area contributed by atoms with E-state index in [2.05, 4.69) is 0 Å². The van der Waals surface area contributed by atoms with Gasteiger partial charge in [0.05, 0.1) is 12.4 Å². The van der Waals surface area contributed by atoms with Gasteiger partial charge in [0.1, 0.15) is 0 Å². The van der Waals surface area contributed by atoms with Crippen LogP contribution < -0.4 is 0 Å². The van der Waals surface area contributed by atoms with Crippen LogP contribution in [0.1, 0.15) is 24.5 Å². The number of benzene rings is 1. The lowest BCUT2D eigenvalue weighted by Gasteiger charge is -2.23. The predicted octanol–water partition coefficient (Wildman–Crippen LogP) is 1.28. The lowest BCUT2D eigenvalue weighted by atomic mass is 10.1. The van der Waals surface area contributed by atoms with Gasteiger partial charge in [-0.2, -0.15) is 0 Å². The third-order valence-electron chi connectivity index (χ3n) is 3.19. The predicted molar refractivity (Wildman–Crippen MR) is 85.4 cm³/mol. The van der Waals surface area contributed by atoms with Gasteiger partial charge >= 0.3 is 0 Å². The van der Waals surface area contributed by atoms with Crippen LogP contribution in [0.4, 0.5) is 0 Å². The minimum atomic E-state index is -3.33. The highest BCUT2D eigenvalue weighted by Gasteiger charge is 2.21. The Morgan fingerprint density at radius 2 is 1.76 bits per heavy atom. The van der Waals surface area contributed by atoms with Gasteiger partial charge < -0.3 is 10.0 Å². The summed E-state index contributed by atoms with van der Waals surface area (Å²) < 4.78 is 26.6. The topological polar surface area (TPSA) is 60.9 Å². The minimum absolute atomic E-state index is 0.0196. The van der Waals surface area contributed by atoms with Crippen molar-refractivity contribution in [1.29, 1.82) is 0 Å². The molecule has 5 nitrogen and oxygen atoms in total. The van der Waals surface area contributed by atoms with Crippen molar-refractivity contribution in [1.82, 2.24) is 9.21 Å². The molecule has 0 aliphatic heterocycles. The molecule has 0 radical (unpaired) electrons. The molecule has 1 aromatic carbocycles. The fourth-order valence-electron chi connectivity index (χ4n) is 2.07. The van der Waals surface area contributed by atoms with E-state index in [9.17, 15) is 8.42 Å². The number of nitrogens with zero attached hydrogens (tertiary/aromatic N) is 2. The van der Waals surface area contributed by atoms with E-state index in [-0.39, 0.29) is 12.4 Å². The van der Waals surface area contributed by atoms with Crippen molar-refractivity contribution in [3.63, 3.8) is 0 Å². The van der Waals surface area contributed by atoms with Crippen LogP contribution in [-0.2, 0) is 22.4 Å². The number of sulfonamides is 1. The molecule has 0 atom stereocenters. The van der Waals surface area contributed by atoms with E-state index in [0.29, 0.717) is 25.2 Å². The van der Waals surface area contributed by atoms with Crippen molar-refractivity contribution in [3.05, 3.63) is 35.4 Å². The highest BCUT2D eigenvalue weighted by Crippen LogP contribution is 2.13. The molecule has 0 saturated carbocycles. The van der Waals surface area contributed by atoms with Gasteiger partial charge in [0, 0.05) is 19.6 Å². The van der Waals surface area contributed by atoms with Gasteiger partial charge in [-0.15, -0.1) is 0 Å². The Morgan fingerprint density at radius 3 is 2.33 bits per heavy atom. The Morgan fingerprint density at radius 1 is 1.10 bits per heavy atom. The van der Waals surface area contributed by atoms with E-state index in [1.54, 1.807) is 28.6 Å². The molecule has 0 saturated heterocycles. The summed E-state index contributed by atoms with van der Waals surface area (Å²) in [7, 11) is 0.531. The zero-order chi connectivity index (χ0) is 15.9. The van der Waals surface area contributed by atoms with Gasteiger partial charge in [0.2, 0.25) is 10.0 Å². The van der Waals surface area contributed by atoms with E-state index < -0.39 is 10.0 Å². The molecule has 0 aliphatic carbocycles. The van der Waals surface area contributed by atoms with Crippen molar-refractivity contribution >= 4 is 10.0 Å². The minimum Gasteiger partial charge on any atom is -0.392 e. The SMILES string of the molecule is CCCN(CCN(C)C)S(=O)(=O)Cc1cccc(CO)c1. The van der Waals surface area contributed by atoms with Crippen LogP contribution in [-0.4, -0.2) is 56.5 Å². The Bertz CT molecular complexity index is 529. The maximum Gasteiger partial charge on any atom is 0.218 e. The first kappa shape index (κ1) is 18.1. The second kappa shape index (κ2) is 8.48. The summed E-state index contributed by atoms with van der Waals surface area (Å²) in [5.74, 6) is -0.0196. The summed E-state index contributed by atoms with van der Waals surface area (Å²) in [5.41, 5.74) is 1.45. The molecular weight excluding hydrogens is 288 g/mol. The molecule has 0 spiro atoms. The lowest BCUT2D eigenvalue weighted by Crippen LogP contribution is -2.37. The van der Waals surface area contributed by atoms with E-state index in [1.807, 2.05) is 25.9 Å². The zero-order valence-electron chi connectivity index (χ0n) is 13.1. The monoisotopic (exact) mass is 314 g/mol. The Labute approximate surface area is 128 Å². The smallest absolute Gasteiger partial charge is 0.218 e. The number of rotatable bonds is 9. The fourth-order valence-corrected chi connectivity index (χ4v) is 3.67. The highest BCUT2D eigenvalue weighted by atomic mass is 32.2. The van der Waals surface area contributed by atoms with Gasteiger partial charge in [-0.05, 0) is 31.6 Å². The molecular formula is C15H26N2O3S. The molecule has 1 rings (SSSR count). The lowest BCUT2D eigenvalue weighted by molar-refractivity contribution is 0.281. The molecule has 6 heteroatoms. The largest absolute Gasteiger partial charge is 0.392 e. The second-order valence-corrected chi connectivity index (χ2v) is 7.41. The molecule has 0 bridgehead atoms. The highest BCUT2D eigenvalue weighted by molar-refractivity contribution is 7.88. The molecule has 120 valence electrons. The molecule has 0 aliphatic rings. The van der Waals surface area contributed by atoms with E-state index in [4.69, 9.17) is 5.11 Å². The Balaban J connectivity index is 2.84. The van der Waals surface area contributed by atoms with Gasteiger partial charge in [-0.3, -0.25) is 0 Å². The van der Waals surface area contributed by atoms with Gasteiger partial charge in [-0.25, -0.2) is 12.7 Å². The van der Waals surface area contributed by atoms with Crippen molar-refractivity contribution < 1.29 is 13.5 Å². The Hall–Kier alpha value is -0.950. The summed E-state index contributed by atoms with van der Waals surface area (Å²) >= 11 is 0. The third-order valence-corrected chi connectivity index (χ3v) is 5.04. The molecule has 0 unspecified atom stereocenters. The van der Waals surface area contributed by atoms with Crippen molar-refractivity contribution in [3.8, 4) is 0 Å². The molecule has 1 aromatic rings. The average molecular weight is 314 g/mol. The summed E-state index contributed by atoms with van der Waals surface area (Å²) in [5, 5.41) is 9.13. The van der Waals surface area contributed by atoms with Crippen LogP contribution in [0.3, 0.4) is 0 Å². The summed E-state index contributed by atoms with van der Waals surface area (Å²) in [6, 6.07) is 7.09. The maximum absolute atomic E-state index is 12.5. The van der Waals surface area contributed by atoms with Crippen molar-refractivity contribution in [2.75, 3.05) is 33.7 Å². The van der Waals surface area contributed by atoms with Gasteiger partial charge in [0.15, 0.2) is 0 Å². The molecule has 0 amide bonds. The van der Waals surface area contributed by atoms with Crippen LogP contribution in [0, 0.1) is 0 Å². The number of hydrogen-bond donors (Lipinski definition) is 1. The van der Waals surface area contributed by atoms with Gasteiger partial charge in [-0.1, -0.05) is 31.2 Å². The first-order valence-corrected chi connectivity index (χ1v) is 8.81. The van der Waals surface area contributed by atoms with Crippen LogP contribution >= 0.6 is 0 Å². The first-order valence-electron chi connectivity index (χ1n) is 7.20. The standard InChI is InChI=1S/C15H26N2O3S/c1-4-8-17(10-9-16(2)3)21(19,20)13-15-7-5-6-14(11-15)12-18/h5-7,11,18H,4,8-10,12-13H2,1-3H3. The van der Waals surface area contributed by atoms with E-state index >= 15 is 0 Å². The normalized spacial score (nSPS) is 12.3.